The van der Waals surface area contributed by atoms with Crippen LogP contribution in [0.3, 0.4) is 0 Å². The van der Waals surface area contributed by atoms with Gasteiger partial charge >= 0.3 is 0 Å². The number of anilines is 1. The zero-order valence-corrected chi connectivity index (χ0v) is 18.3. The van der Waals surface area contributed by atoms with E-state index in [9.17, 15) is 4.79 Å². The van der Waals surface area contributed by atoms with Crippen LogP contribution in [-0.4, -0.2) is 36.3 Å². The Hall–Kier alpha value is -3.86. The molecular weight excluding hydrogens is 408 g/mol. The Morgan fingerprint density at radius 2 is 1.84 bits per heavy atom. The number of nitrogens with zero attached hydrogens (tertiary/aromatic N) is 4. The average Bonchev–Trinajstić information content (AvgIpc) is 3.29. The van der Waals surface area contributed by atoms with E-state index in [2.05, 4.69) is 16.2 Å². The highest BCUT2D eigenvalue weighted by Crippen LogP contribution is 2.22. The van der Waals surface area contributed by atoms with Gasteiger partial charge in [0, 0.05) is 30.6 Å². The molecule has 1 amide bonds. The van der Waals surface area contributed by atoms with E-state index in [4.69, 9.17) is 19.3 Å². The van der Waals surface area contributed by atoms with Crippen LogP contribution in [0.15, 0.2) is 53.1 Å². The lowest BCUT2D eigenvalue weighted by Gasteiger charge is -2.22. The summed E-state index contributed by atoms with van der Waals surface area (Å²) >= 11 is 0. The summed E-state index contributed by atoms with van der Waals surface area (Å²) in [5.74, 6) is 2.42. The molecule has 0 saturated heterocycles. The molecule has 0 N–H and O–H groups in total. The van der Waals surface area contributed by atoms with Crippen LogP contribution in [0.1, 0.15) is 32.1 Å². The third-order valence-electron chi connectivity index (χ3n) is 4.81. The number of rotatable bonds is 11. The van der Waals surface area contributed by atoms with Gasteiger partial charge in [0.2, 0.25) is 17.6 Å². The van der Waals surface area contributed by atoms with Gasteiger partial charge in [-0.05, 0) is 61.9 Å². The highest BCUT2D eigenvalue weighted by molar-refractivity contribution is 5.93. The second kappa shape index (κ2) is 11.5. The molecule has 0 bridgehead atoms. The normalized spacial score (nSPS) is 10.4. The van der Waals surface area contributed by atoms with Crippen LogP contribution in [0.25, 0.3) is 11.4 Å². The van der Waals surface area contributed by atoms with E-state index in [1.165, 1.54) is 0 Å². The summed E-state index contributed by atoms with van der Waals surface area (Å²) in [6.07, 6.45) is 1.61. The molecular formula is C24H26N4O4. The minimum Gasteiger partial charge on any atom is -0.497 e. The number of aromatic nitrogens is 2. The predicted octanol–water partition coefficient (Wildman–Crippen LogP) is 4.41. The first-order valence-electron chi connectivity index (χ1n) is 10.5. The Labute approximate surface area is 187 Å². The van der Waals surface area contributed by atoms with E-state index in [1.54, 1.807) is 12.0 Å². The average molecular weight is 434 g/mol. The molecule has 0 aliphatic heterocycles. The summed E-state index contributed by atoms with van der Waals surface area (Å²) in [4.78, 5) is 18.9. The van der Waals surface area contributed by atoms with Crippen molar-refractivity contribution in [1.82, 2.24) is 10.1 Å². The maximum Gasteiger partial charge on any atom is 0.227 e. The molecule has 0 radical (unpaired) electrons. The summed E-state index contributed by atoms with van der Waals surface area (Å²) in [5, 5.41) is 13.0. The summed E-state index contributed by atoms with van der Waals surface area (Å²) in [7, 11) is 1.61. The van der Waals surface area contributed by atoms with Crippen molar-refractivity contribution in [3.05, 3.63) is 54.4 Å². The van der Waals surface area contributed by atoms with Gasteiger partial charge < -0.3 is 18.9 Å². The molecule has 0 unspecified atom stereocenters. The molecule has 8 nitrogen and oxygen atoms in total. The Balaban J connectivity index is 1.57. The molecule has 32 heavy (non-hydrogen) atoms. The van der Waals surface area contributed by atoms with Crippen molar-refractivity contribution >= 4 is 11.6 Å². The van der Waals surface area contributed by atoms with Gasteiger partial charge in [0.05, 0.1) is 26.2 Å². The van der Waals surface area contributed by atoms with E-state index in [1.807, 2.05) is 55.5 Å². The monoisotopic (exact) mass is 434 g/mol. The Kier molecular flexibility index (Phi) is 8.21. The summed E-state index contributed by atoms with van der Waals surface area (Å²) < 4.78 is 15.9. The van der Waals surface area contributed by atoms with Crippen LogP contribution in [0.5, 0.6) is 11.5 Å². The summed E-state index contributed by atoms with van der Waals surface area (Å²) in [6.45, 7) is 2.83. The molecule has 3 aromatic rings. The summed E-state index contributed by atoms with van der Waals surface area (Å²) in [5.41, 5.74) is 1.57. The largest absolute Gasteiger partial charge is 0.497 e. The van der Waals surface area contributed by atoms with Crippen molar-refractivity contribution in [3.8, 4) is 29.0 Å². The molecule has 166 valence electrons. The fourth-order valence-corrected chi connectivity index (χ4v) is 3.19. The molecule has 0 spiro atoms. The zero-order chi connectivity index (χ0) is 22.8. The second-order valence-corrected chi connectivity index (χ2v) is 6.97. The van der Waals surface area contributed by atoms with Gasteiger partial charge in [-0.1, -0.05) is 5.16 Å². The number of hydrogen-bond acceptors (Lipinski definition) is 7. The van der Waals surface area contributed by atoms with E-state index < -0.39 is 0 Å². The topological polar surface area (TPSA) is 101 Å². The lowest BCUT2D eigenvalue weighted by atomic mass is 10.2. The van der Waals surface area contributed by atoms with E-state index in [0.29, 0.717) is 44.1 Å². The van der Waals surface area contributed by atoms with Crippen LogP contribution in [-0.2, 0) is 11.2 Å². The molecule has 0 saturated carbocycles. The Morgan fingerprint density at radius 3 is 2.50 bits per heavy atom. The Bertz CT molecular complexity index is 1040. The third kappa shape index (κ3) is 6.08. The number of nitriles is 1. The van der Waals surface area contributed by atoms with Gasteiger partial charge in [-0.15, -0.1) is 0 Å². The smallest absolute Gasteiger partial charge is 0.227 e. The second-order valence-electron chi connectivity index (χ2n) is 6.97. The molecule has 8 heteroatoms. The molecule has 0 aliphatic rings. The number of ether oxygens (including phenoxy) is 2. The number of benzene rings is 2. The van der Waals surface area contributed by atoms with Crippen LogP contribution in [0, 0.1) is 11.3 Å². The number of aryl methyl sites for hydroxylation is 1. The molecule has 2 aromatic carbocycles. The lowest BCUT2D eigenvalue weighted by molar-refractivity contribution is -0.118. The maximum absolute atomic E-state index is 12.8. The quantitative estimate of drug-likeness (QED) is 0.440. The van der Waals surface area contributed by atoms with Gasteiger partial charge in [0.15, 0.2) is 0 Å². The van der Waals surface area contributed by atoms with E-state index in [0.717, 1.165) is 22.7 Å². The number of carbonyl (C=O) groups is 1. The van der Waals surface area contributed by atoms with Crippen LogP contribution >= 0.6 is 0 Å². The fourth-order valence-electron chi connectivity index (χ4n) is 3.19. The van der Waals surface area contributed by atoms with Gasteiger partial charge in [-0.2, -0.15) is 10.2 Å². The predicted molar refractivity (Wildman–Crippen MR) is 119 cm³/mol. The lowest BCUT2D eigenvalue weighted by Crippen LogP contribution is -2.31. The van der Waals surface area contributed by atoms with E-state index in [-0.39, 0.29) is 12.3 Å². The first kappa shape index (κ1) is 22.8. The molecule has 1 heterocycles. The number of carbonyl (C=O) groups excluding carboxylic acids is 1. The zero-order valence-electron chi connectivity index (χ0n) is 18.3. The van der Waals surface area contributed by atoms with Gasteiger partial charge in [0.1, 0.15) is 11.5 Å². The van der Waals surface area contributed by atoms with Crippen molar-refractivity contribution in [2.75, 3.05) is 25.2 Å². The molecule has 1 aromatic heterocycles. The van der Waals surface area contributed by atoms with Crippen LogP contribution < -0.4 is 14.4 Å². The molecule has 3 rings (SSSR count). The first-order valence-corrected chi connectivity index (χ1v) is 10.5. The molecule has 0 atom stereocenters. The van der Waals surface area contributed by atoms with Crippen molar-refractivity contribution in [2.45, 2.75) is 32.6 Å². The van der Waals surface area contributed by atoms with Gasteiger partial charge in [-0.3, -0.25) is 4.79 Å². The number of methoxy groups -OCH3 is 1. The maximum atomic E-state index is 12.8. The third-order valence-corrected chi connectivity index (χ3v) is 4.81. The van der Waals surface area contributed by atoms with E-state index >= 15 is 0 Å². The minimum absolute atomic E-state index is 0.0562. The first-order chi connectivity index (χ1) is 15.6. The number of hydrogen-bond donors (Lipinski definition) is 0. The minimum atomic E-state index is -0.0562. The van der Waals surface area contributed by atoms with Crippen molar-refractivity contribution in [1.29, 1.82) is 5.26 Å². The van der Waals surface area contributed by atoms with Crippen molar-refractivity contribution in [3.63, 3.8) is 0 Å². The van der Waals surface area contributed by atoms with Crippen LogP contribution in [0.2, 0.25) is 0 Å². The Morgan fingerprint density at radius 1 is 1.12 bits per heavy atom. The van der Waals surface area contributed by atoms with Gasteiger partial charge in [-0.25, -0.2) is 0 Å². The van der Waals surface area contributed by atoms with Crippen LogP contribution in [0.4, 0.5) is 5.69 Å². The SMILES string of the molecule is CCOc1ccc(N(CCC#N)C(=O)CCCc2nc(-c3ccc(OC)cc3)no2)cc1. The molecule has 0 fully saturated rings. The van der Waals surface area contributed by atoms with Crippen molar-refractivity contribution < 1.29 is 18.8 Å². The highest BCUT2D eigenvalue weighted by Gasteiger charge is 2.16. The summed E-state index contributed by atoms with van der Waals surface area (Å²) in [6, 6.07) is 16.8. The number of amides is 1. The fraction of sp³-hybridized carbons (Fsp3) is 0.333. The van der Waals surface area contributed by atoms with Crippen molar-refractivity contribution in [2.24, 2.45) is 0 Å². The molecule has 0 aliphatic carbocycles. The van der Waals surface area contributed by atoms with Gasteiger partial charge in [0.25, 0.3) is 0 Å². The highest BCUT2D eigenvalue weighted by atomic mass is 16.5. The standard InChI is InChI=1S/C24H26N4O4/c1-3-31-21-14-10-19(11-15-21)28(17-5-16-25)23(29)7-4-6-22-26-24(27-32-22)18-8-12-20(30-2)13-9-18/h8-15H,3-7,17H2,1-2H3.